The summed E-state index contributed by atoms with van der Waals surface area (Å²) >= 11 is 0. The quantitative estimate of drug-likeness (QED) is 0.727. The predicted octanol–water partition coefficient (Wildman–Crippen LogP) is 5.21. The maximum absolute atomic E-state index is 14.4. The van der Waals surface area contributed by atoms with Crippen molar-refractivity contribution in [3.63, 3.8) is 0 Å². The zero-order valence-corrected chi connectivity index (χ0v) is 16.3. The van der Waals surface area contributed by atoms with E-state index in [9.17, 15) is 9.18 Å². The Morgan fingerprint density at radius 2 is 2.04 bits per heavy atom. The van der Waals surface area contributed by atoms with Gasteiger partial charge in [0.05, 0.1) is 5.41 Å². The van der Waals surface area contributed by atoms with Crippen LogP contribution >= 0.6 is 0 Å². The van der Waals surface area contributed by atoms with Gasteiger partial charge in [-0.05, 0) is 68.4 Å². The molecule has 2 bridgehead atoms. The highest BCUT2D eigenvalue weighted by atomic mass is 19.1. The highest BCUT2D eigenvalue weighted by Crippen LogP contribution is 2.45. The van der Waals surface area contributed by atoms with Crippen LogP contribution in [0, 0.1) is 37.4 Å². The lowest BCUT2D eigenvalue weighted by atomic mass is 9.69. The van der Waals surface area contributed by atoms with Gasteiger partial charge in [-0.2, -0.15) is 0 Å². The maximum atomic E-state index is 14.4. The van der Waals surface area contributed by atoms with Crippen LogP contribution in [0.5, 0.6) is 0 Å². The normalized spacial score (nSPS) is 33.9. The molecule has 2 aliphatic carbocycles. The Hall–Kier alpha value is -1.38. The summed E-state index contributed by atoms with van der Waals surface area (Å²) < 4.78 is 14.4. The second-order valence-corrected chi connectivity index (χ2v) is 8.97. The molecule has 0 aromatic heterocycles. The van der Waals surface area contributed by atoms with Gasteiger partial charge in [-0.1, -0.05) is 45.4 Å². The van der Waals surface area contributed by atoms with E-state index in [1.165, 1.54) is 38.5 Å². The lowest BCUT2D eigenvalue weighted by Gasteiger charge is -2.44. The van der Waals surface area contributed by atoms with Crippen molar-refractivity contribution in [1.29, 1.82) is 0 Å². The number of rotatable bonds is 3. The van der Waals surface area contributed by atoms with Gasteiger partial charge in [0.2, 0.25) is 5.91 Å². The van der Waals surface area contributed by atoms with Gasteiger partial charge in [0.25, 0.3) is 0 Å². The van der Waals surface area contributed by atoms with E-state index in [0.717, 1.165) is 18.9 Å². The number of fused-ring (bicyclic) bond motifs is 2. The molecular weight excluding hydrogens is 325 g/mol. The number of carbonyl (C=O) groups excluding carboxylic acids is 1. The van der Waals surface area contributed by atoms with Crippen LogP contribution in [0.4, 0.5) is 4.39 Å². The Balaban J connectivity index is 0.00000196. The zero-order chi connectivity index (χ0) is 17.6. The first-order valence-electron chi connectivity index (χ1n) is 10.0. The fourth-order valence-corrected chi connectivity index (χ4v) is 5.66. The molecule has 1 aliphatic heterocycles. The SMILES string of the molecule is Cc1cccc(CC2(C)CCN(C3CCC4CCCC3C4)C2=O)c1F.[CH2]. The van der Waals surface area contributed by atoms with E-state index >= 15 is 0 Å². The largest absolute Gasteiger partial charge is 0.339 e. The molecule has 0 N–H and O–H groups in total. The summed E-state index contributed by atoms with van der Waals surface area (Å²) in [4.78, 5) is 15.5. The number of hydrogen-bond donors (Lipinski definition) is 0. The summed E-state index contributed by atoms with van der Waals surface area (Å²) in [6, 6.07) is 5.98. The van der Waals surface area contributed by atoms with Crippen LogP contribution < -0.4 is 0 Å². The van der Waals surface area contributed by atoms with Gasteiger partial charge in [0.15, 0.2) is 0 Å². The number of benzene rings is 1. The zero-order valence-electron chi connectivity index (χ0n) is 16.3. The Bertz CT molecular complexity index is 672. The van der Waals surface area contributed by atoms with Gasteiger partial charge in [0.1, 0.15) is 5.82 Å². The minimum Gasteiger partial charge on any atom is -0.339 e. The number of hydrogen-bond acceptors (Lipinski definition) is 1. The van der Waals surface area contributed by atoms with Crippen molar-refractivity contribution in [3.05, 3.63) is 42.6 Å². The summed E-state index contributed by atoms with van der Waals surface area (Å²) in [5.74, 6) is 1.74. The van der Waals surface area contributed by atoms with Gasteiger partial charge in [0, 0.05) is 12.6 Å². The Morgan fingerprint density at radius 3 is 2.85 bits per heavy atom. The van der Waals surface area contributed by atoms with Crippen molar-refractivity contribution in [2.45, 2.75) is 71.3 Å². The number of nitrogens with zero attached hydrogens (tertiary/aromatic N) is 1. The van der Waals surface area contributed by atoms with E-state index < -0.39 is 5.41 Å². The fraction of sp³-hybridized carbons (Fsp3) is 0.652. The van der Waals surface area contributed by atoms with Crippen molar-refractivity contribution in [2.75, 3.05) is 6.54 Å². The third-order valence-electron chi connectivity index (χ3n) is 7.17. The molecule has 3 fully saturated rings. The summed E-state index contributed by atoms with van der Waals surface area (Å²) in [7, 11) is 0. The van der Waals surface area contributed by atoms with Gasteiger partial charge >= 0.3 is 0 Å². The third kappa shape index (κ3) is 3.30. The minimum absolute atomic E-state index is 0. The van der Waals surface area contributed by atoms with Crippen LogP contribution in [0.25, 0.3) is 0 Å². The van der Waals surface area contributed by atoms with Crippen molar-refractivity contribution in [3.8, 4) is 0 Å². The van der Waals surface area contributed by atoms with Crippen molar-refractivity contribution in [2.24, 2.45) is 17.3 Å². The van der Waals surface area contributed by atoms with E-state index in [0.29, 0.717) is 29.5 Å². The first-order valence-corrected chi connectivity index (χ1v) is 10.0. The molecule has 3 aliphatic rings. The average Bonchev–Trinajstić information content (AvgIpc) is 2.88. The highest BCUT2D eigenvalue weighted by molar-refractivity contribution is 5.85. The van der Waals surface area contributed by atoms with Crippen LogP contribution in [0.15, 0.2) is 18.2 Å². The lowest BCUT2D eigenvalue weighted by Crippen LogP contribution is -2.48. The second kappa shape index (κ2) is 7.32. The molecule has 1 saturated heterocycles. The molecule has 4 rings (SSSR count). The highest BCUT2D eigenvalue weighted by Gasteiger charge is 2.48. The van der Waals surface area contributed by atoms with Crippen molar-refractivity contribution in [1.82, 2.24) is 4.90 Å². The molecule has 2 saturated carbocycles. The predicted molar refractivity (Wildman–Crippen MR) is 103 cm³/mol. The minimum atomic E-state index is -0.444. The monoisotopic (exact) mass is 357 g/mol. The van der Waals surface area contributed by atoms with Gasteiger partial charge in [-0.15, -0.1) is 0 Å². The molecule has 4 unspecified atom stereocenters. The Kier molecular flexibility index (Phi) is 5.46. The van der Waals surface area contributed by atoms with Crippen LogP contribution in [-0.4, -0.2) is 23.4 Å². The van der Waals surface area contributed by atoms with Crippen LogP contribution in [0.1, 0.15) is 63.0 Å². The summed E-state index contributed by atoms with van der Waals surface area (Å²) in [5, 5.41) is 0. The summed E-state index contributed by atoms with van der Waals surface area (Å²) in [5.41, 5.74) is 0.920. The number of amides is 1. The lowest BCUT2D eigenvalue weighted by molar-refractivity contribution is -0.139. The molecule has 142 valence electrons. The molecule has 1 amide bonds. The molecule has 0 spiro atoms. The first kappa shape index (κ1) is 19.4. The van der Waals surface area contributed by atoms with Crippen LogP contribution in [0.2, 0.25) is 0 Å². The number of halogens is 1. The van der Waals surface area contributed by atoms with Gasteiger partial charge < -0.3 is 4.90 Å². The first-order chi connectivity index (χ1) is 12.0. The molecular formula is C23H32FNO. The number of aryl methyl sites for hydroxylation is 1. The number of likely N-dealkylation sites (tertiary alicyclic amines) is 1. The van der Waals surface area contributed by atoms with Crippen molar-refractivity contribution >= 4 is 5.91 Å². The van der Waals surface area contributed by atoms with E-state index in [1.54, 1.807) is 13.0 Å². The standard InChI is InChI=1S/C22H30FNO.CH2/c1-15-5-3-8-18(20(15)23)14-22(2)11-12-24(21(22)25)19-10-9-16-6-4-7-17(19)13-16;/h3,5,8,16-17,19H,4,6-7,9-14H2,1-2H3;1H2. The Labute approximate surface area is 158 Å². The van der Waals surface area contributed by atoms with Crippen molar-refractivity contribution < 1.29 is 9.18 Å². The smallest absolute Gasteiger partial charge is 0.229 e. The third-order valence-corrected chi connectivity index (χ3v) is 7.17. The molecule has 26 heavy (non-hydrogen) atoms. The topological polar surface area (TPSA) is 20.3 Å². The molecule has 2 nitrogen and oxygen atoms in total. The van der Waals surface area contributed by atoms with Crippen LogP contribution in [0.3, 0.4) is 0 Å². The van der Waals surface area contributed by atoms with Gasteiger partial charge in [-0.25, -0.2) is 4.39 Å². The van der Waals surface area contributed by atoms with Crippen LogP contribution in [-0.2, 0) is 11.2 Å². The van der Waals surface area contributed by atoms with E-state index in [1.807, 2.05) is 19.1 Å². The van der Waals surface area contributed by atoms with E-state index in [-0.39, 0.29) is 19.2 Å². The molecule has 1 aromatic rings. The summed E-state index contributed by atoms with van der Waals surface area (Å²) in [6.07, 6.45) is 9.17. The molecule has 4 atom stereocenters. The Morgan fingerprint density at radius 1 is 1.23 bits per heavy atom. The van der Waals surface area contributed by atoms with Gasteiger partial charge in [-0.3, -0.25) is 4.79 Å². The van der Waals surface area contributed by atoms with E-state index in [2.05, 4.69) is 4.90 Å². The fourth-order valence-electron chi connectivity index (χ4n) is 5.66. The van der Waals surface area contributed by atoms with E-state index in [4.69, 9.17) is 0 Å². The molecule has 1 aromatic carbocycles. The molecule has 3 heteroatoms. The second-order valence-electron chi connectivity index (χ2n) is 8.97. The number of carbonyl (C=O) groups is 1. The average molecular weight is 358 g/mol. The maximum Gasteiger partial charge on any atom is 0.229 e. The summed E-state index contributed by atoms with van der Waals surface area (Å²) in [6.45, 7) is 4.70. The molecule has 1 heterocycles. The molecule has 2 radical (unpaired) electrons.